The number of hydrogen-bond acceptors (Lipinski definition) is 0. The van der Waals surface area contributed by atoms with Gasteiger partial charge in [0.05, 0.1) is 0 Å². The molecule has 0 heterocycles. The summed E-state index contributed by atoms with van der Waals surface area (Å²) in [7, 11) is 0.628. The van der Waals surface area contributed by atoms with E-state index in [1.807, 2.05) is 0 Å². The Hall–Kier alpha value is 2.34. The molecule has 0 rings (SSSR count). The van der Waals surface area contributed by atoms with E-state index in [2.05, 4.69) is 66.3 Å². The van der Waals surface area contributed by atoms with Crippen LogP contribution in [-0.2, 0) is 9.47 Å². The standard InChI is InChI=1S/C4H11P.2HI.V/c1-5(2,3)4;;;/h1H2,2-4H3;2*1H;/q;;;+2/p-2. The first kappa shape index (κ1) is 13.0. The van der Waals surface area contributed by atoms with E-state index >= 15 is 0 Å². The van der Waals surface area contributed by atoms with Gasteiger partial charge in [-0.2, -0.15) is 0 Å². The van der Waals surface area contributed by atoms with Gasteiger partial charge >= 0.3 is 49.4 Å². The van der Waals surface area contributed by atoms with Gasteiger partial charge in [0.15, 0.2) is 0 Å². The molecule has 0 aliphatic heterocycles. The van der Waals surface area contributed by atoms with Crippen LogP contribution in [0.2, 0.25) is 0 Å². The van der Waals surface area contributed by atoms with Crippen LogP contribution in [0.3, 0.4) is 0 Å². The van der Waals surface area contributed by atoms with Crippen molar-refractivity contribution in [3.63, 3.8) is 0 Å². The van der Waals surface area contributed by atoms with Crippen molar-refractivity contribution in [1.82, 2.24) is 0 Å². The fourth-order valence-electron chi connectivity index (χ4n) is 0. The molecule has 0 spiro atoms. The van der Waals surface area contributed by atoms with Crippen molar-refractivity contribution >= 4 is 53.1 Å². The summed E-state index contributed by atoms with van der Waals surface area (Å²) in [6.45, 7) is 5.92. The van der Waals surface area contributed by atoms with E-state index in [0.717, 1.165) is 0 Å². The topological polar surface area (TPSA) is 0 Å². The molecule has 51 valence electrons. The molecule has 0 unspecified atom stereocenters. The molecule has 0 radical (unpaired) electrons. The van der Waals surface area contributed by atoms with Crippen molar-refractivity contribution < 1.29 is 9.47 Å². The van der Waals surface area contributed by atoms with E-state index in [-0.39, 0.29) is 0 Å². The molecule has 8 heavy (non-hydrogen) atoms. The number of halogens is 2. The fourth-order valence-corrected chi connectivity index (χ4v) is 0. The van der Waals surface area contributed by atoms with E-state index in [1.54, 1.807) is 0 Å². The van der Waals surface area contributed by atoms with Crippen molar-refractivity contribution in [2.75, 3.05) is 20.0 Å². The Kier molecular flexibility index (Phi) is 12.1. The summed E-state index contributed by atoms with van der Waals surface area (Å²) in [5, 5.41) is 0. The van der Waals surface area contributed by atoms with Gasteiger partial charge in [-0.1, -0.05) is 0 Å². The molecule has 0 amide bonds. The molecule has 0 aliphatic rings. The monoisotopic (exact) mass is 395 g/mol. The molecule has 0 aromatic heterocycles. The third kappa shape index (κ3) is 81.9. The first-order chi connectivity index (χ1) is 3.41. The third-order valence-corrected chi connectivity index (χ3v) is 0. The molecule has 0 bridgehead atoms. The van der Waals surface area contributed by atoms with Crippen LogP contribution in [0, 0.1) is 0 Å². The predicted octanol–water partition coefficient (Wildman–Crippen LogP) is 3.09. The molecular formula is C4H11I2PV. The van der Waals surface area contributed by atoms with Crippen LogP contribution in [0.1, 0.15) is 0 Å². The van der Waals surface area contributed by atoms with Crippen LogP contribution in [0.5, 0.6) is 0 Å². The van der Waals surface area contributed by atoms with E-state index in [4.69, 9.17) is 0 Å². The van der Waals surface area contributed by atoms with Gasteiger partial charge in [0, 0.05) is 0 Å². The predicted molar refractivity (Wildman–Crippen MR) is 59.9 cm³/mol. The summed E-state index contributed by atoms with van der Waals surface area (Å²) in [6, 6.07) is 0. The average molecular weight is 395 g/mol. The van der Waals surface area contributed by atoms with Crippen molar-refractivity contribution in [2.24, 2.45) is 0 Å². The normalized spacial score (nSPS) is 9.12. The number of rotatable bonds is 0. The summed E-state index contributed by atoms with van der Waals surface area (Å²) in [5.74, 6) is 0. The van der Waals surface area contributed by atoms with E-state index in [0.29, 0.717) is 9.47 Å². The molecule has 4 heteroatoms. The quantitative estimate of drug-likeness (QED) is 0.437. The first-order valence-electron chi connectivity index (χ1n) is 2.00. The fraction of sp³-hybridized carbons (Fsp3) is 0.750. The van der Waals surface area contributed by atoms with E-state index in [1.165, 1.54) is 0 Å². The minimum atomic E-state index is -0.639. The molecule has 0 nitrogen and oxygen atoms in total. The van der Waals surface area contributed by atoms with Gasteiger partial charge in [0.2, 0.25) is 0 Å². The average Bonchev–Trinajstić information content (AvgIpc) is 1.27. The molecule has 0 fully saturated rings. The SMILES string of the molecule is C=P(C)(C)C.[I][V][I]. The zero-order valence-corrected chi connectivity index (χ0v) is 12.0. The van der Waals surface area contributed by atoms with Crippen molar-refractivity contribution in [3.8, 4) is 0 Å². The summed E-state index contributed by atoms with van der Waals surface area (Å²) in [6.07, 6.45) is 3.88. The van der Waals surface area contributed by atoms with Gasteiger partial charge in [-0.25, -0.2) is 0 Å². The molecule has 0 N–H and O–H groups in total. The maximum absolute atomic E-state index is 3.88. The Morgan fingerprint density at radius 2 is 1.25 bits per heavy atom. The minimum absolute atomic E-state index is 0.628. The van der Waals surface area contributed by atoms with E-state index in [9.17, 15) is 0 Å². The molecular weight excluding hydrogens is 384 g/mol. The molecule has 0 aliphatic carbocycles. The van der Waals surface area contributed by atoms with Crippen molar-refractivity contribution in [1.29, 1.82) is 0 Å². The zero-order valence-electron chi connectivity index (χ0n) is 5.36. The zero-order chi connectivity index (χ0) is 7.21. The van der Waals surface area contributed by atoms with E-state index < -0.39 is 6.89 Å². The molecule has 0 saturated carbocycles. The Labute approximate surface area is 81.4 Å². The Balaban J connectivity index is 0. The second-order valence-corrected chi connectivity index (χ2v) is 18.7. The van der Waals surface area contributed by atoms with Crippen LogP contribution in [-0.4, -0.2) is 26.3 Å². The van der Waals surface area contributed by atoms with Crippen LogP contribution in [0.25, 0.3) is 0 Å². The molecule has 0 aromatic rings. The van der Waals surface area contributed by atoms with Gasteiger partial charge < -0.3 is 0 Å². The second-order valence-electron chi connectivity index (χ2n) is 2.35. The van der Waals surface area contributed by atoms with Crippen molar-refractivity contribution in [2.45, 2.75) is 0 Å². The summed E-state index contributed by atoms with van der Waals surface area (Å²) in [4.78, 5) is 0. The Morgan fingerprint density at radius 1 is 1.25 bits per heavy atom. The maximum atomic E-state index is 3.88. The molecule has 0 aromatic carbocycles. The van der Waals surface area contributed by atoms with Gasteiger partial charge in [-0.3, -0.25) is 0 Å². The van der Waals surface area contributed by atoms with Crippen LogP contribution in [0.4, 0.5) is 0 Å². The van der Waals surface area contributed by atoms with Crippen LogP contribution < -0.4 is 0 Å². The Bertz CT molecular complexity index is 69.8. The summed E-state index contributed by atoms with van der Waals surface area (Å²) < 4.78 is 0. The van der Waals surface area contributed by atoms with Gasteiger partial charge in [0.25, 0.3) is 0 Å². The first-order valence-corrected chi connectivity index (χ1v) is 14.3. The van der Waals surface area contributed by atoms with Gasteiger partial charge in [-0.05, 0) is 20.0 Å². The van der Waals surface area contributed by atoms with Crippen molar-refractivity contribution in [3.05, 3.63) is 0 Å². The molecule has 0 saturated heterocycles. The summed E-state index contributed by atoms with van der Waals surface area (Å²) in [5.41, 5.74) is 0. The third-order valence-electron chi connectivity index (χ3n) is 0. The second kappa shape index (κ2) is 7.45. The van der Waals surface area contributed by atoms with Gasteiger partial charge in [0.1, 0.15) is 0 Å². The number of hydrogen-bond donors (Lipinski definition) is 0. The summed E-state index contributed by atoms with van der Waals surface area (Å²) >= 11 is 4.74. The Morgan fingerprint density at radius 3 is 1.25 bits per heavy atom. The van der Waals surface area contributed by atoms with Crippen LogP contribution in [0.15, 0.2) is 0 Å². The molecule has 0 atom stereocenters. The van der Waals surface area contributed by atoms with Gasteiger partial charge in [-0.15, -0.1) is 13.2 Å². The van der Waals surface area contributed by atoms with Crippen LogP contribution >= 0.6 is 46.8 Å².